The fourth-order valence-corrected chi connectivity index (χ4v) is 14.3. The molecular weight excluding hydrogens is 1330 g/mol. The molecule has 8 rings (SSSR count). The van der Waals surface area contributed by atoms with Crippen molar-refractivity contribution in [3.05, 3.63) is 154 Å². The third kappa shape index (κ3) is 18.7. The molecule has 0 saturated carbocycles. The summed E-state index contributed by atoms with van der Waals surface area (Å²) in [6, 6.07) is 17.5. The number of pyridine rings is 1. The molecule has 0 spiro atoms. The summed E-state index contributed by atoms with van der Waals surface area (Å²) in [5, 5.41) is 17.2. The Labute approximate surface area is 557 Å². The van der Waals surface area contributed by atoms with Crippen molar-refractivity contribution in [1.29, 1.82) is 5.26 Å². The molecule has 516 valence electrons. The molecule has 0 radical (unpaired) electrons. The van der Waals surface area contributed by atoms with E-state index in [2.05, 4.69) is 20.9 Å². The van der Waals surface area contributed by atoms with Crippen LogP contribution < -0.4 is 25.6 Å². The van der Waals surface area contributed by atoms with Crippen LogP contribution in [0.5, 0.6) is 5.75 Å². The molecule has 25 nitrogen and oxygen atoms in total. The number of carbonyl (C=O) groups excluding carboxylic acids is 4. The number of likely N-dealkylation sites (tertiary alicyclic amines) is 1. The van der Waals surface area contributed by atoms with E-state index in [1.165, 1.54) is 49.5 Å². The van der Waals surface area contributed by atoms with Gasteiger partial charge < -0.3 is 30.5 Å². The third-order valence-electron chi connectivity index (χ3n) is 17.2. The van der Waals surface area contributed by atoms with E-state index < -0.39 is 117 Å². The monoisotopic (exact) mass is 1410 g/mol. The SMILES string of the molecule is C[C@@H](NC(=O)c1ccnc(CNC(=O)CCC(=O)NCCc2ccc(OC3=C(/C=C/C4=[N+](CCCCS(=O)(=O)O)c5ccc(S(=O)(=O)O)cc5C4(C)C)CCC/C3=C\C=C3\N(CCCCS(=O)(=O)O)c4ccc(S(=O)(=O)O)cc4C3(C)C)cc2)c1)C(=O)N1CC(F)(F)C[C@H]1C#N. The van der Waals surface area contributed by atoms with Gasteiger partial charge in [0, 0.05) is 85.0 Å². The highest BCUT2D eigenvalue weighted by Crippen LogP contribution is 2.49. The number of carbonyl (C=O) groups is 4. The summed E-state index contributed by atoms with van der Waals surface area (Å²) in [6.45, 7) is 8.54. The predicted octanol–water partition coefficient (Wildman–Crippen LogP) is 7.60. The first-order chi connectivity index (χ1) is 44.8. The largest absolute Gasteiger partial charge is 0.457 e. The molecule has 3 aliphatic heterocycles. The van der Waals surface area contributed by atoms with Crippen molar-refractivity contribution in [3.8, 4) is 11.8 Å². The maximum absolute atomic E-state index is 14.0. The number of alkyl halides is 2. The smallest absolute Gasteiger partial charge is 0.294 e. The molecule has 1 aromatic heterocycles. The maximum Gasteiger partial charge on any atom is 0.294 e. The van der Waals surface area contributed by atoms with Gasteiger partial charge in [-0.15, -0.1) is 0 Å². The minimum atomic E-state index is -4.61. The number of anilines is 1. The van der Waals surface area contributed by atoms with Crippen molar-refractivity contribution in [2.45, 2.75) is 150 Å². The highest BCUT2D eigenvalue weighted by molar-refractivity contribution is 7.86. The Bertz CT molecular complexity index is 4390. The molecule has 1 aliphatic carbocycles. The van der Waals surface area contributed by atoms with E-state index >= 15 is 0 Å². The summed E-state index contributed by atoms with van der Waals surface area (Å²) >= 11 is 0. The fourth-order valence-electron chi connectivity index (χ4n) is 12.2. The van der Waals surface area contributed by atoms with Crippen LogP contribution in [0.2, 0.25) is 0 Å². The lowest BCUT2D eigenvalue weighted by Crippen LogP contribution is -2.48. The Morgan fingerprint density at radius 1 is 0.781 bits per heavy atom. The zero-order valence-electron chi connectivity index (χ0n) is 53.4. The number of amides is 4. The lowest BCUT2D eigenvalue weighted by molar-refractivity contribution is -0.438. The number of hydrogen-bond acceptors (Lipinski definition) is 16. The minimum Gasteiger partial charge on any atom is -0.457 e. The molecule has 31 heteroatoms. The maximum atomic E-state index is 14.0. The number of benzene rings is 3. The van der Waals surface area contributed by atoms with Gasteiger partial charge in [0.05, 0.1) is 51.6 Å². The summed E-state index contributed by atoms with van der Waals surface area (Å²) in [4.78, 5) is 57.9. The zero-order valence-corrected chi connectivity index (χ0v) is 56.7. The van der Waals surface area contributed by atoms with Crippen LogP contribution in [-0.4, -0.2) is 151 Å². The second-order valence-electron chi connectivity index (χ2n) is 25.0. The van der Waals surface area contributed by atoms with Gasteiger partial charge in [0.2, 0.25) is 23.4 Å². The number of nitriles is 1. The molecule has 0 unspecified atom stereocenters. The molecule has 4 amide bonds. The number of nitrogens with one attached hydrogen (secondary N) is 3. The summed E-state index contributed by atoms with van der Waals surface area (Å²) in [5.74, 6) is -5.72. The molecule has 4 aromatic rings. The van der Waals surface area contributed by atoms with Crippen LogP contribution in [0.4, 0.5) is 20.2 Å². The minimum absolute atomic E-state index is 0.0684. The molecule has 1 fully saturated rings. The van der Waals surface area contributed by atoms with Crippen LogP contribution in [0.25, 0.3) is 0 Å². The first kappa shape index (κ1) is 73.7. The Kier molecular flexibility index (Phi) is 22.8. The lowest BCUT2D eigenvalue weighted by Gasteiger charge is -2.27. The van der Waals surface area contributed by atoms with E-state index in [9.17, 15) is 85.1 Å². The Morgan fingerprint density at radius 2 is 1.42 bits per heavy atom. The van der Waals surface area contributed by atoms with Crippen molar-refractivity contribution >= 4 is 81.2 Å². The number of halogens is 2. The average Bonchev–Trinajstić information content (AvgIpc) is 1.59. The van der Waals surface area contributed by atoms with Crippen molar-refractivity contribution in [2.24, 2.45) is 0 Å². The number of fused-ring (bicyclic) bond motifs is 2. The van der Waals surface area contributed by atoms with Crippen LogP contribution in [-0.2, 0) is 78.7 Å². The van der Waals surface area contributed by atoms with Crippen LogP contribution in [0.15, 0.2) is 136 Å². The van der Waals surface area contributed by atoms with Gasteiger partial charge >= 0.3 is 0 Å². The number of aromatic nitrogens is 1. The number of allylic oxidation sites excluding steroid dienone is 7. The van der Waals surface area contributed by atoms with E-state index in [1.807, 2.05) is 73.6 Å². The van der Waals surface area contributed by atoms with Gasteiger partial charge in [-0.05, 0) is 155 Å². The summed E-state index contributed by atoms with van der Waals surface area (Å²) in [5.41, 5.74) is 4.66. The second kappa shape index (κ2) is 29.7. The topological polar surface area (TPSA) is 377 Å². The molecule has 2 atom stereocenters. The Morgan fingerprint density at radius 3 is 2.06 bits per heavy atom. The quantitative estimate of drug-likeness (QED) is 0.0163. The number of nitrogens with zero attached hydrogens (tertiary/aromatic N) is 5. The average molecular weight is 1410 g/mol. The first-order valence-corrected chi connectivity index (χ1v) is 37.0. The van der Waals surface area contributed by atoms with Crippen LogP contribution in [0, 0.1) is 11.3 Å². The van der Waals surface area contributed by atoms with Crippen molar-refractivity contribution in [2.75, 3.05) is 42.6 Å². The van der Waals surface area contributed by atoms with E-state index in [1.54, 1.807) is 30.3 Å². The molecule has 7 N–H and O–H groups in total. The standard InChI is InChI=1S/C65H76F2N8O17S4/c1-42(62(79)75-41-65(66,67)38-48(75)39-68)72-61(78)46-28-30-69-47(35-46)40-71-59(77)26-25-58(76)70-29-27-43-13-17-49(18-14-43)92-60-44(15-23-56-63(2,3)52-36-50(95(86,87)88)19-21-54(52)73(56)31-6-8-33-93(80,81)82)11-10-12-45(60)16-24-57-64(4,5)53-37-51(96(89,90)91)20-22-55(53)74(57)32-7-9-34-94(83,84)85/h13-24,28,30,35-37,42,48H,6-12,25-27,29,31-34,38,40-41H2,1-5H3,(H6-,70,71,72,76,77,78,80,81,82,83,84,85,86,87,88,89,90,91)/p+1/t42-,48+/m1/s1. The van der Waals surface area contributed by atoms with Crippen molar-refractivity contribution in [1.82, 2.24) is 25.8 Å². The zero-order chi connectivity index (χ0) is 70.3. The van der Waals surface area contributed by atoms with E-state index in [-0.39, 0.29) is 72.9 Å². The number of unbranched alkanes of at least 4 members (excludes halogenated alkanes) is 2. The fraction of sp³-hybridized carbons (Fsp3) is 0.431. The number of hydrogen-bond donors (Lipinski definition) is 7. The molecule has 96 heavy (non-hydrogen) atoms. The molecule has 4 aliphatic rings. The van der Waals surface area contributed by atoms with Crippen LogP contribution in [0.3, 0.4) is 0 Å². The molecule has 4 heterocycles. The molecule has 1 saturated heterocycles. The van der Waals surface area contributed by atoms with Gasteiger partial charge in [0.25, 0.3) is 52.3 Å². The van der Waals surface area contributed by atoms with E-state index in [4.69, 9.17) is 4.74 Å². The normalized spacial score (nSPS) is 18.8. The number of ether oxygens (including phenoxy) is 1. The molecule has 3 aromatic carbocycles. The second-order valence-corrected chi connectivity index (χ2v) is 31.0. The van der Waals surface area contributed by atoms with Gasteiger partial charge in [0.1, 0.15) is 30.1 Å². The van der Waals surface area contributed by atoms with Gasteiger partial charge in [-0.25, -0.2) is 8.78 Å². The van der Waals surface area contributed by atoms with Gasteiger partial charge in [-0.2, -0.15) is 43.5 Å². The first-order valence-electron chi connectivity index (χ1n) is 30.9. The Balaban J connectivity index is 0.991. The predicted molar refractivity (Wildman–Crippen MR) is 350 cm³/mol. The van der Waals surface area contributed by atoms with E-state index in [0.717, 1.165) is 21.6 Å². The van der Waals surface area contributed by atoms with Gasteiger partial charge in [-0.3, -0.25) is 42.4 Å². The van der Waals surface area contributed by atoms with Crippen molar-refractivity contribution < 1.29 is 89.2 Å². The number of rotatable bonds is 28. The summed E-state index contributed by atoms with van der Waals surface area (Å²) < 4.78 is 172. The highest BCUT2D eigenvalue weighted by Gasteiger charge is 2.49. The van der Waals surface area contributed by atoms with Crippen LogP contribution >= 0.6 is 0 Å². The molecular formula is C65H77F2N8O17S4+. The summed E-state index contributed by atoms with van der Waals surface area (Å²) in [6.07, 6.45) is 10.6. The summed E-state index contributed by atoms with van der Waals surface area (Å²) in [7, 11) is -17.8. The Hall–Kier alpha value is -8.09. The van der Waals surface area contributed by atoms with E-state index in [0.29, 0.717) is 83.9 Å². The highest BCUT2D eigenvalue weighted by atomic mass is 32.2. The van der Waals surface area contributed by atoms with Crippen LogP contribution in [0.1, 0.15) is 132 Å². The third-order valence-corrected chi connectivity index (χ3v) is 20.5. The van der Waals surface area contributed by atoms with Crippen molar-refractivity contribution in [3.63, 3.8) is 0 Å². The molecule has 0 bridgehead atoms. The van der Waals surface area contributed by atoms with Gasteiger partial charge in [0.15, 0.2) is 5.71 Å². The lowest BCUT2D eigenvalue weighted by atomic mass is 9.81. The van der Waals surface area contributed by atoms with Gasteiger partial charge in [-0.1, -0.05) is 32.1 Å².